The Hall–Kier alpha value is -3.69. The number of anilines is 2. The van der Waals surface area contributed by atoms with E-state index in [1.54, 1.807) is 13.1 Å². The quantitative estimate of drug-likeness (QED) is 0.685. The maximum Gasteiger partial charge on any atom is 0.262 e. The molecule has 160 valence electrons. The van der Waals surface area contributed by atoms with E-state index in [9.17, 15) is 9.18 Å². The Labute approximate surface area is 177 Å². The van der Waals surface area contributed by atoms with Gasteiger partial charge in [-0.25, -0.2) is 4.39 Å². The monoisotopic (exact) mass is 424 g/mol. The van der Waals surface area contributed by atoms with Gasteiger partial charge in [0.1, 0.15) is 23.9 Å². The van der Waals surface area contributed by atoms with Gasteiger partial charge in [0.15, 0.2) is 12.4 Å². The van der Waals surface area contributed by atoms with Crippen LogP contribution in [0.1, 0.15) is 17.0 Å². The second-order valence-corrected chi connectivity index (χ2v) is 7.66. The van der Waals surface area contributed by atoms with Crippen LogP contribution < -0.4 is 19.7 Å². The van der Waals surface area contributed by atoms with Gasteiger partial charge in [-0.2, -0.15) is 4.80 Å². The molecule has 3 aromatic rings. The molecular weight excluding hydrogens is 403 g/mol. The van der Waals surface area contributed by atoms with Crippen molar-refractivity contribution in [1.82, 2.24) is 20.2 Å². The number of hydrogen-bond acceptors (Lipinski definition) is 7. The lowest BCUT2D eigenvalue weighted by Crippen LogP contribution is -2.44. The number of benzene rings is 2. The molecule has 3 heterocycles. The van der Waals surface area contributed by atoms with Gasteiger partial charge >= 0.3 is 0 Å². The van der Waals surface area contributed by atoms with Crippen molar-refractivity contribution >= 4 is 17.3 Å². The summed E-state index contributed by atoms with van der Waals surface area (Å²) in [5, 5.41) is 15.2. The molecule has 0 bridgehead atoms. The van der Waals surface area contributed by atoms with E-state index in [2.05, 4.69) is 25.6 Å². The van der Waals surface area contributed by atoms with Crippen LogP contribution in [0.2, 0.25) is 0 Å². The number of tetrazole rings is 1. The summed E-state index contributed by atoms with van der Waals surface area (Å²) in [5.41, 5.74) is 3.42. The fourth-order valence-electron chi connectivity index (χ4n) is 3.99. The fraction of sp³-hybridized carbons (Fsp3) is 0.333. The van der Waals surface area contributed by atoms with Gasteiger partial charge in [0.05, 0.1) is 24.5 Å². The second kappa shape index (κ2) is 7.53. The zero-order valence-electron chi connectivity index (χ0n) is 17.1. The molecule has 31 heavy (non-hydrogen) atoms. The molecule has 2 aliphatic heterocycles. The summed E-state index contributed by atoms with van der Waals surface area (Å²) in [7, 11) is 1.72. The van der Waals surface area contributed by atoms with Crippen molar-refractivity contribution in [2.75, 3.05) is 23.4 Å². The normalized spacial score (nSPS) is 17.3. The van der Waals surface area contributed by atoms with Gasteiger partial charge in [-0.1, -0.05) is 6.07 Å². The fourth-order valence-corrected chi connectivity index (χ4v) is 3.99. The third kappa shape index (κ3) is 3.65. The first kappa shape index (κ1) is 19.3. The minimum atomic E-state index is -0.349. The molecule has 0 aliphatic carbocycles. The summed E-state index contributed by atoms with van der Waals surface area (Å²) in [4.78, 5) is 15.4. The van der Waals surface area contributed by atoms with Crippen molar-refractivity contribution in [2.24, 2.45) is 7.05 Å². The minimum Gasteiger partial charge on any atom is -0.489 e. The average molecular weight is 424 g/mol. The molecule has 0 saturated carbocycles. The maximum absolute atomic E-state index is 13.8. The van der Waals surface area contributed by atoms with E-state index in [1.165, 1.54) is 16.9 Å². The number of nitrogens with one attached hydrogen (secondary N) is 1. The number of rotatable bonds is 4. The summed E-state index contributed by atoms with van der Waals surface area (Å²) in [6, 6.07) is 8.31. The Morgan fingerprint density at radius 3 is 2.90 bits per heavy atom. The van der Waals surface area contributed by atoms with E-state index < -0.39 is 0 Å². The Kier molecular flexibility index (Phi) is 4.68. The molecule has 0 fully saturated rings. The number of carbonyl (C=O) groups is 1. The number of aromatic nitrogens is 4. The highest BCUT2D eigenvalue weighted by Crippen LogP contribution is 2.38. The van der Waals surface area contributed by atoms with Gasteiger partial charge in [-0.05, 0) is 41.5 Å². The summed E-state index contributed by atoms with van der Waals surface area (Å²) in [6.45, 7) is 2.86. The predicted molar refractivity (Wildman–Crippen MR) is 110 cm³/mol. The van der Waals surface area contributed by atoms with E-state index in [0.29, 0.717) is 42.6 Å². The Balaban J connectivity index is 1.50. The number of aryl methyl sites for hydroxylation is 1. The van der Waals surface area contributed by atoms with Crippen LogP contribution in [0.25, 0.3) is 0 Å². The van der Waals surface area contributed by atoms with Gasteiger partial charge in [0.25, 0.3) is 5.91 Å². The lowest BCUT2D eigenvalue weighted by Gasteiger charge is -2.39. The highest BCUT2D eigenvalue weighted by molar-refractivity contribution is 5.96. The van der Waals surface area contributed by atoms with Gasteiger partial charge in [-0.3, -0.25) is 4.79 Å². The molecule has 1 aromatic heterocycles. The zero-order valence-corrected chi connectivity index (χ0v) is 17.1. The van der Waals surface area contributed by atoms with Crippen LogP contribution in [0.4, 0.5) is 15.8 Å². The first-order valence-corrected chi connectivity index (χ1v) is 9.95. The summed E-state index contributed by atoms with van der Waals surface area (Å²) < 4.78 is 25.2. The average Bonchev–Trinajstić information content (AvgIpc) is 3.16. The van der Waals surface area contributed by atoms with Crippen LogP contribution >= 0.6 is 0 Å². The van der Waals surface area contributed by atoms with Crippen molar-refractivity contribution in [3.05, 3.63) is 53.1 Å². The lowest BCUT2D eigenvalue weighted by molar-refractivity contribution is -0.118. The Bertz CT molecular complexity index is 1160. The minimum absolute atomic E-state index is 0.0153. The van der Waals surface area contributed by atoms with Crippen LogP contribution in [0.3, 0.4) is 0 Å². The van der Waals surface area contributed by atoms with Crippen molar-refractivity contribution in [3.8, 4) is 11.5 Å². The number of nitrogens with zero attached hydrogens (tertiary/aromatic N) is 5. The number of fused-ring (bicyclic) bond motifs is 2. The van der Waals surface area contributed by atoms with Crippen molar-refractivity contribution in [3.63, 3.8) is 0 Å². The van der Waals surface area contributed by atoms with Crippen molar-refractivity contribution in [2.45, 2.75) is 25.9 Å². The van der Waals surface area contributed by atoms with E-state index in [4.69, 9.17) is 9.47 Å². The van der Waals surface area contributed by atoms with E-state index in [-0.39, 0.29) is 24.4 Å². The topological polar surface area (TPSA) is 94.4 Å². The van der Waals surface area contributed by atoms with E-state index in [0.717, 1.165) is 16.8 Å². The molecule has 10 heteroatoms. The number of carbonyl (C=O) groups excluding carboxylic acids is 1. The predicted octanol–water partition coefficient (Wildman–Crippen LogP) is 2.00. The summed E-state index contributed by atoms with van der Waals surface area (Å²) >= 11 is 0. The maximum atomic E-state index is 13.8. The molecule has 0 saturated heterocycles. The largest absolute Gasteiger partial charge is 0.489 e. The van der Waals surface area contributed by atoms with E-state index >= 15 is 0 Å². The third-order valence-electron chi connectivity index (χ3n) is 5.57. The molecule has 2 aromatic carbocycles. The molecule has 9 nitrogen and oxygen atoms in total. The summed E-state index contributed by atoms with van der Waals surface area (Å²) in [6.07, 6.45) is 0.522. The van der Waals surface area contributed by atoms with Gasteiger partial charge in [-0.15, -0.1) is 10.2 Å². The Morgan fingerprint density at radius 2 is 2.10 bits per heavy atom. The van der Waals surface area contributed by atoms with Gasteiger partial charge in [0.2, 0.25) is 0 Å². The number of ether oxygens (including phenoxy) is 2. The van der Waals surface area contributed by atoms with Crippen LogP contribution in [-0.2, 0) is 24.8 Å². The molecule has 0 spiro atoms. The van der Waals surface area contributed by atoms with Crippen molar-refractivity contribution in [1.29, 1.82) is 0 Å². The standard InChI is InChI=1S/C21H21FN6O3/c1-12-13(3-6-17-21(12)23-20(29)11-31-17)9-28-15(8-19-24-26-27(2)25-19)10-30-18-7-14(22)4-5-16(18)28/h3-7,15H,8-11H2,1-2H3,(H,23,29)/t15-/m0/s1. The molecular formula is C21H21FN6O3. The SMILES string of the molecule is Cc1c(CN2c3ccc(F)cc3OC[C@@H]2Cc2nnn(C)n2)ccc2c1NC(=O)CO2. The highest BCUT2D eigenvalue weighted by atomic mass is 19.1. The number of hydrogen-bond donors (Lipinski definition) is 1. The second-order valence-electron chi connectivity index (χ2n) is 7.66. The van der Waals surface area contributed by atoms with Crippen LogP contribution in [0.5, 0.6) is 11.5 Å². The van der Waals surface area contributed by atoms with Gasteiger partial charge < -0.3 is 19.7 Å². The number of halogens is 1. The molecule has 2 aliphatic rings. The molecule has 0 radical (unpaired) electrons. The molecule has 5 rings (SSSR count). The molecule has 1 N–H and O–H groups in total. The van der Waals surface area contributed by atoms with Gasteiger partial charge in [0, 0.05) is 19.0 Å². The first-order valence-electron chi connectivity index (χ1n) is 9.95. The van der Waals surface area contributed by atoms with Crippen LogP contribution in [-0.4, -0.2) is 45.4 Å². The van der Waals surface area contributed by atoms with Crippen molar-refractivity contribution < 1.29 is 18.7 Å². The smallest absolute Gasteiger partial charge is 0.262 e. The molecule has 1 atom stereocenters. The number of amides is 1. The molecule has 0 unspecified atom stereocenters. The zero-order chi connectivity index (χ0) is 21.5. The summed E-state index contributed by atoms with van der Waals surface area (Å²) in [5.74, 6) is 1.24. The van der Waals surface area contributed by atoms with E-state index in [1.807, 2.05) is 19.1 Å². The third-order valence-corrected chi connectivity index (χ3v) is 5.57. The Morgan fingerprint density at radius 1 is 1.23 bits per heavy atom. The molecule has 1 amide bonds. The first-order chi connectivity index (χ1) is 15.0. The van der Waals surface area contributed by atoms with Crippen LogP contribution in [0.15, 0.2) is 30.3 Å². The van der Waals surface area contributed by atoms with Crippen LogP contribution in [0, 0.1) is 12.7 Å². The highest BCUT2D eigenvalue weighted by Gasteiger charge is 2.30. The lowest BCUT2D eigenvalue weighted by atomic mass is 10.0.